The van der Waals surface area contributed by atoms with Crippen LogP contribution in [0.3, 0.4) is 0 Å². The first-order valence-corrected chi connectivity index (χ1v) is 19.0. The van der Waals surface area contributed by atoms with Gasteiger partial charge in [0.2, 0.25) is 5.91 Å². The minimum absolute atomic E-state index is 0.0141. The number of imidazole rings is 1. The normalized spacial score (nSPS) is 32.7. The molecule has 0 saturated carbocycles. The van der Waals surface area contributed by atoms with Gasteiger partial charge in [-0.1, -0.05) is 0 Å². The highest BCUT2D eigenvalue weighted by Gasteiger charge is 2.53. The number of carbonyl (C=O) groups is 2. The van der Waals surface area contributed by atoms with Crippen LogP contribution in [-0.4, -0.2) is 144 Å². The first-order valence-electron chi connectivity index (χ1n) is 14.5. The molecular weight excluding hydrogens is 777 g/mol. The van der Waals surface area contributed by atoms with Gasteiger partial charge in [-0.25, -0.2) is 33.4 Å². The van der Waals surface area contributed by atoms with E-state index >= 15 is 0 Å². The lowest BCUT2D eigenvalue weighted by Crippen LogP contribution is -2.61. The van der Waals surface area contributed by atoms with Crippen molar-refractivity contribution in [3.8, 4) is 0 Å². The standard InChI is InChI=1S/C22H35N6O21P3/c1-8(29)27-19(34)13-10(31)3-22(37,21(35)36)47-11(13)2-9(30)4-44-50(38,39)48-52(42,43)49-51(40,41)45-5-12-15(32)16(33)20(46-12)28-7-26-14-17(23)24-6-25-18(14)28/h6-7,9-13,15-16,19-20,30-34,37H,2-5H2,1H3,(H,27,29)(H,35,36)(H,38,39)(H,40,41)(H,42,43)(H2,23,24,25)/t9-,10-,11-,12+,13-,15+,16+,19-,20+,22-/m0/s1. The van der Waals surface area contributed by atoms with Gasteiger partial charge in [-0.05, 0) is 0 Å². The Morgan fingerprint density at radius 3 is 2.29 bits per heavy atom. The van der Waals surface area contributed by atoms with E-state index in [1.807, 2.05) is 5.32 Å². The highest BCUT2D eigenvalue weighted by Crippen LogP contribution is 2.67. The zero-order chi connectivity index (χ0) is 39.0. The number of aromatic nitrogens is 4. The summed E-state index contributed by atoms with van der Waals surface area (Å²) in [6.07, 6.45) is -13.6. The Hall–Kier alpha value is -2.62. The largest absolute Gasteiger partial charge is 0.490 e. The van der Waals surface area contributed by atoms with Crippen molar-refractivity contribution < 1.29 is 101 Å². The fourth-order valence-corrected chi connectivity index (χ4v) is 8.81. The number of carboxylic acid groups (broad SMARTS) is 1. The molecule has 2 saturated heterocycles. The molecule has 294 valence electrons. The number of aliphatic carboxylic acids is 1. The van der Waals surface area contributed by atoms with Crippen molar-refractivity contribution in [3.05, 3.63) is 12.7 Å². The number of nitrogens with zero attached hydrogens (tertiary/aromatic N) is 4. The number of fused-ring (bicyclic) bond motifs is 1. The number of hydrogen-bond acceptors (Lipinski definition) is 21. The number of aliphatic hydroxyl groups excluding tert-OH is 5. The topological polar surface area (TPSA) is 425 Å². The summed E-state index contributed by atoms with van der Waals surface area (Å²) < 4.78 is 65.7. The number of aliphatic hydroxyl groups is 6. The number of amides is 1. The van der Waals surface area contributed by atoms with E-state index in [4.69, 9.17) is 15.2 Å². The number of nitrogen functional groups attached to an aromatic ring is 1. The molecule has 1 amide bonds. The molecule has 2 aliphatic rings. The Labute approximate surface area is 290 Å². The number of rotatable bonds is 16. The third-order valence-corrected chi connectivity index (χ3v) is 11.8. The van der Waals surface area contributed by atoms with Gasteiger partial charge in [0, 0.05) is 19.8 Å². The van der Waals surface area contributed by atoms with E-state index in [0.717, 1.165) is 24.1 Å². The molecule has 2 fully saturated rings. The zero-order valence-electron chi connectivity index (χ0n) is 26.3. The van der Waals surface area contributed by atoms with Crippen molar-refractivity contribution in [2.75, 3.05) is 18.9 Å². The Balaban J connectivity index is 1.32. The molecule has 2 aromatic heterocycles. The average molecular weight is 812 g/mol. The predicted molar refractivity (Wildman–Crippen MR) is 161 cm³/mol. The van der Waals surface area contributed by atoms with Gasteiger partial charge >= 0.3 is 29.4 Å². The second-order valence-corrected chi connectivity index (χ2v) is 16.1. The van der Waals surface area contributed by atoms with Crippen LogP contribution in [0.1, 0.15) is 26.0 Å². The van der Waals surface area contributed by atoms with Gasteiger partial charge in [0.15, 0.2) is 17.7 Å². The molecule has 4 rings (SSSR count). The van der Waals surface area contributed by atoms with Crippen molar-refractivity contribution in [1.82, 2.24) is 24.8 Å². The highest BCUT2D eigenvalue weighted by atomic mass is 31.3. The van der Waals surface area contributed by atoms with Gasteiger partial charge in [-0.15, -0.1) is 0 Å². The second-order valence-electron chi connectivity index (χ2n) is 11.4. The van der Waals surface area contributed by atoms with Crippen LogP contribution in [0.25, 0.3) is 11.2 Å². The van der Waals surface area contributed by atoms with Gasteiger partial charge in [0.05, 0.1) is 43.8 Å². The second kappa shape index (κ2) is 16.0. The molecule has 0 spiro atoms. The van der Waals surface area contributed by atoms with E-state index in [1.165, 1.54) is 0 Å². The lowest BCUT2D eigenvalue weighted by molar-refractivity contribution is -0.297. The van der Waals surface area contributed by atoms with E-state index in [0.29, 0.717) is 0 Å². The molecule has 0 aromatic carbocycles. The quantitative estimate of drug-likeness (QED) is 0.0570. The number of nitrogens with one attached hydrogen (secondary N) is 1. The first kappa shape index (κ1) is 42.1. The third-order valence-electron chi connectivity index (χ3n) is 7.50. The molecule has 0 radical (unpaired) electrons. The fourth-order valence-electron chi connectivity index (χ4n) is 5.27. The van der Waals surface area contributed by atoms with Crippen LogP contribution < -0.4 is 11.1 Å². The molecule has 2 aromatic rings. The number of carboxylic acids is 1. The molecule has 0 bridgehead atoms. The molecule has 0 aliphatic carbocycles. The average Bonchev–Trinajstić information content (AvgIpc) is 3.54. The molecular formula is C22H35N6O21P3. The summed E-state index contributed by atoms with van der Waals surface area (Å²) in [5.74, 6) is -7.39. The van der Waals surface area contributed by atoms with Gasteiger partial charge in [-0.3, -0.25) is 18.4 Å². The van der Waals surface area contributed by atoms with E-state index in [1.54, 1.807) is 0 Å². The lowest BCUT2D eigenvalue weighted by atomic mass is 9.83. The van der Waals surface area contributed by atoms with Crippen molar-refractivity contribution in [2.24, 2.45) is 5.92 Å². The number of hydrogen-bond donors (Lipinski definition) is 12. The predicted octanol–water partition coefficient (Wildman–Crippen LogP) is -3.86. The van der Waals surface area contributed by atoms with Crippen LogP contribution in [-0.2, 0) is 50.4 Å². The maximum atomic E-state index is 12.4. The number of phosphoric acid groups is 3. The number of phosphoric ester groups is 2. The van der Waals surface area contributed by atoms with Crippen LogP contribution in [0.2, 0.25) is 0 Å². The number of carbonyl (C=O) groups excluding carboxylic acids is 1. The van der Waals surface area contributed by atoms with Crippen LogP contribution in [0.15, 0.2) is 12.7 Å². The van der Waals surface area contributed by atoms with Crippen LogP contribution in [0.5, 0.6) is 0 Å². The molecule has 52 heavy (non-hydrogen) atoms. The molecule has 13 N–H and O–H groups in total. The Morgan fingerprint density at radius 1 is 1.04 bits per heavy atom. The van der Waals surface area contributed by atoms with E-state index in [9.17, 15) is 73.7 Å². The minimum Gasteiger partial charge on any atom is -0.477 e. The maximum Gasteiger partial charge on any atom is 0.490 e. The summed E-state index contributed by atoms with van der Waals surface area (Å²) in [7, 11) is -17.5. The Kier molecular flexibility index (Phi) is 13.0. The molecule has 3 unspecified atom stereocenters. The lowest BCUT2D eigenvalue weighted by Gasteiger charge is -2.44. The Bertz CT molecular complexity index is 1770. The third kappa shape index (κ3) is 10.1. The molecule has 4 heterocycles. The molecule has 2 aliphatic heterocycles. The van der Waals surface area contributed by atoms with Crippen molar-refractivity contribution in [1.29, 1.82) is 0 Å². The smallest absolute Gasteiger partial charge is 0.477 e. The van der Waals surface area contributed by atoms with Crippen LogP contribution in [0.4, 0.5) is 5.82 Å². The summed E-state index contributed by atoms with van der Waals surface area (Å²) >= 11 is 0. The van der Waals surface area contributed by atoms with Crippen molar-refractivity contribution in [2.45, 2.75) is 74.6 Å². The minimum atomic E-state index is -6.05. The Morgan fingerprint density at radius 2 is 1.67 bits per heavy atom. The van der Waals surface area contributed by atoms with Gasteiger partial charge in [0.25, 0.3) is 5.79 Å². The maximum absolute atomic E-state index is 12.4. The van der Waals surface area contributed by atoms with Crippen LogP contribution >= 0.6 is 23.5 Å². The van der Waals surface area contributed by atoms with Crippen LogP contribution in [0, 0.1) is 5.92 Å². The van der Waals surface area contributed by atoms with Crippen molar-refractivity contribution >= 4 is 52.3 Å². The molecule has 30 heteroatoms. The van der Waals surface area contributed by atoms with Gasteiger partial charge in [0.1, 0.15) is 36.4 Å². The summed E-state index contributed by atoms with van der Waals surface area (Å²) in [4.78, 5) is 64.3. The van der Waals surface area contributed by atoms with Gasteiger partial charge < -0.3 is 71.0 Å². The van der Waals surface area contributed by atoms with E-state index in [2.05, 4.69) is 32.6 Å². The summed E-state index contributed by atoms with van der Waals surface area (Å²) in [5.41, 5.74) is 5.93. The summed E-state index contributed by atoms with van der Waals surface area (Å²) in [6, 6.07) is 0. The number of nitrogens with two attached hydrogens (primary N) is 1. The van der Waals surface area contributed by atoms with Crippen molar-refractivity contribution in [3.63, 3.8) is 0 Å². The molecule has 27 nitrogen and oxygen atoms in total. The first-order chi connectivity index (χ1) is 23.9. The van der Waals surface area contributed by atoms with E-state index in [-0.39, 0.29) is 17.0 Å². The van der Waals surface area contributed by atoms with Gasteiger partial charge in [-0.2, -0.15) is 8.62 Å². The monoisotopic (exact) mass is 812 g/mol. The summed E-state index contributed by atoms with van der Waals surface area (Å²) in [6.45, 7) is -1.39. The fraction of sp³-hybridized carbons (Fsp3) is 0.682. The van der Waals surface area contributed by atoms with E-state index < -0.39 is 122 Å². The molecule has 13 atom stereocenters. The zero-order valence-corrected chi connectivity index (χ0v) is 29.0. The number of anilines is 1. The number of ether oxygens (including phenoxy) is 2. The highest BCUT2D eigenvalue weighted by molar-refractivity contribution is 7.66. The SMILES string of the molecule is CC(=O)N[C@@H](O)[C@@H]1[C@H](C[C@H](O)COP(=O)(O)OP(=O)(O)OP(=O)(O)OC[C@H]2O[C@@H](n3cnc4c(N)ncnc43)[C@H](O)[C@@H]2O)O[C@](O)(C(=O)O)C[C@@H]1O. The summed E-state index contributed by atoms with van der Waals surface area (Å²) in [5, 5.41) is 73.5.